The van der Waals surface area contributed by atoms with Crippen molar-refractivity contribution in [1.29, 1.82) is 0 Å². The van der Waals surface area contributed by atoms with Crippen LogP contribution in [-0.2, 0) is 5.41 Å². The standard InChI is InChI=1S/C49H28N2O/c1-2-15-29(16-3-1)46-44-36-23-10-13-28-41(36)52-48(44)51-47(50-46)37-24-14-27-40-42(37)34-21-8-11-25-38(34)49(40)39-26-12-9-22-35(39)43-32-19-6-4-17-30(32)31-18-5-7-20-33(31)45(43)49/h1-28H. The van der Waals surface area contributed by atoms with Gasteiger partial charge in [-0.1, -0.05) is 164 Å². The van der Waals surface area contributed by atoms with Crippen molar-refractivity contribution < 1.29 is 4.42 Å². The van der Waals surface area contributed by atoms with E-state index in [9.17, 15) is 0 Å². The molecule has 1 atom stereocenters. The minimum Gasteiger partial charge on any atom is -0.438 e. The molecule has 8 aromatic carbocycles. The van der Waals surface area contributed by atoms with E-state index in [0.29, 0.717) is 11.5 Å². The fraction of sp³-hybridized carbons (Fsp3) is 0.0204. The molecule has 0 saturated heterocycles. The molecule has 0 aliphatic heterocycles. The number of benzene rings is 8. The van der Waals surface area contributed by atoms with Crippen molar-refractivity contribution in [2.24, 2.45) is 0 Å². The minimum atomic E-state index is -0.538. The first kappa shape index (κ1) is 27.9. The Bertz CT molecular complexity index is 3140. The maximum absolute atomic E-state index is 6.49. The summed E-state index contributed by atoms with van der Waals surface area (Å²) in [4.78, 5) is 10.7. The van der Waals surface area contributed by atoms with E-state index in [4.69, 9.17) is 14.4 Å². The second-order valence-electron chi connectivity index (χ2n) is 14.0. The molecule has 1 unspecified atom stereocenters. The fourth-order valence-electron chi connectivity index (χ4n) is 9.60. The lowest BCUT2D eigenvalue weighted by molar-refractivity contribution is 0.653. The van der Waals surface area contributed by atoms with E-state index in [1.165, 1.54) is 66.1 Å². The molecule has 0 saturated carbocycles. The van der Waals surface area contributed by atoms with Gasteiger partial charge in [0, 0.05) is 16.5 Å². The Morgan fingerprint density at radius 1 is 0.404 bits per heavy atom. The number of rotatable bonds is 2. The van der Waals surface area contributed by atoms with Gasteiger partial charge in [0.1, 0.15) is 5.58 Å². The predicted molar refractivity (Wildman–Crippen MR) is 211 cm³/mol. The first-order chi connectivity index (χ1) is 25.8. The normalized spacial score (nSPS) is 15.4. The lowest BCUT2D eigenvalue weighted by Crippen LogP contribution is -2.26. The van der Waals surface area contributed by atoms with E-state index in [2.05, 4.69) is 146 Å². The van der Waals surface area contributed by atoms with E-state index < -0.39 is 5.41 Å². The third-order valence-electron chi connectivity index (χ3n) is 11.5. The quantitative estimate of drug-likeness (QED) is 0.173. The van der Waals surface area contributed by atoms with Crippen LogP contribution < -0.4 is 0 Å². The molecular formula is C49H28N2O. The van der Waals surface area contributed by atoms with E-state index >= 15 is 0 Å². The summed E-state index contributed by atoms with van der Waals surface area (Å²) < 4.78 is 6.49. The number of aromatic nitrogens is 2. The Morgan fingerprint density at radius 2 is 0.962 bits per heavy atom. The van der Waals surface area contributed by atoms with Gasteiger partial charge in [-0.15, -0.1) is 0 Å². The maximum Gasteiger partial charge on any atom is 0.231 e. The highest BCUT2D eigenvalue weighted by atomic mass is 16.3. The van der Waals surface area contributed by atoms with Crippen LogP contribution >= 0.6 is 0 Å². The summed E-state index contributed by atoms with van der Waals surface area (Å²) in [6.07, 6.45) is 0. The Morgan fingerprint density at radius 3 is 1.73 bits per heavy atom. The maximum atomic E-state index is 6.49. The topological polar surface area (TPSA) is 38.9 Å². The zero-order valence-electron chi connectivity index (χ0n) is 28.0. The highest BCUT2D eigenvalue weighted by Gasteiger charge is 2.53. The number of furan rings is 1. The zero-order valence-corrected chi connectivity index (χ0v) is 28.0. The molecule has 240 valence electrons. The Hall–Kier alpha value is -6.84. The fourth-order valence-corrected chi connectivity index (χ4v) is 9.60. The van der Waals surface area contributed by atoms with Gasteiger partial charge in [-0.05, 0) is 72.1 Å². The third-order valence-corrected chi connectivity index (χ3v) is 11.5. The van der Waals surface area contributed by atoms with Gasteiger partial charge in [0.25, 0.3) is 0 Å². The molecule has 2 aromatic heterocycles. The highest BCUT2D eigenvalue weighted by Crippen LogP contribution is 2.66. The molecule has 2 aliphatic carbocycles. The number of hydrogen-bond acceptors (Lipinski definition) is 3. The highest BCUT2D eigenvalue weighted by molar-refractivity contribution is 6.20. The summed E-state index contributed by atoms with van der Waals surface area (Å²) in [6.45, 7) is 0. The lowest BCUT2D eigenvalue weighted by atomic mass is 9.69. The van der Waals surface area contributed by atoms with Crippen molar-refractivity contribution in [3.63, 3.8) is 0 Å². The van der Waals surface area contributed by atoms with Gasteiger partial charge in [-0.2, -0.15) is 4.98 Å². The number of hydrogen-bond donors (Lipinski definition) is 0. The molecule has 10 aromatic rings. The van der Waals surface area contributed by atoms with Crippen molar-refractivity contribution in [3.8, 4) is 44.9 Å². The summed E-state index contributed by atoms with van der Waals surface area (Å²) in [7, 11) is 0. The van der Waals surface area contributed by atoms with Crippen molar-refractivity contribution in [1.82, 2.24) is 9.97 Å². The van der Waals surface area contributed by atoms with Crippen LogP contribution in [0.15, 0.2) is 174 Å². The van der Waals surface area contributed by atoms with Gasteiger partial charge in [0.05, 0.1) is 16.5 Å². The predicted octanol–water partition coefficient (Wildman–Crippen LogP) is 12.4. The van der Waals surface area contributed by atoms with Crippen molar-refractivity contribution in [3.05, 3.63) is 192 Å². The molecule has 2 heterocycles. The summed E-state index contributed by atoms with van der Waals surface area (Å²) >= 11 is 0. The van der Waals surface area contributed by atoms with Crippen LogP contribution in [0, 0.1) is 0 Å². The van der Waals surface area contributed by atoms with Crippen LogP contribution in [0.2, 0.25) is 0 Å². The number of para-hydroxylation sites is 1. The lowest BCUT2D eigenvalue weighted by Gasteiger charge is -2.32. The SMILES string of the molecule is c1ccc(-c2nc(-c3cccc4c3-c3ccccc3C43c4ccccc4-c4c3c3ccccc3c3ccccc43)nc3oc4ccccc4c23)cc1. The largest absolute Gasteiger partial charge is 0.438 e. The third kappa shape index (κ3) is 3.40. The Labute approximate surface area is 299 Å². The van der Waals surface area contributed by atoms with Gasteiger partial charge in [-0.3, -0.25) is 0 Å². The van der Waals surface area contributed by atoms with Crippen LogP contribution in [0.4, 0.5) is 0 Å². The number of fused-ring (bicyclic) bond motifs is 18. The molecule has 3 nitrogen and oxygen atoms in total. The molecule has 0 fully saturated rings. The van der Waals surface area contributed by atoms with Crippen LogP contribution in [0.5, 0.6) is 0 Å². The van der Waals surface area contributed by atoms with Gasteiger partial charge in [-0.25, -0.2) is 4.98 Å². The molecule has 0 N–H and O–H groups in total. The van der Waals surface area contributed by atoms with Crippen LogP contribution in [0.3, 0.4) is 0 Å². The van der Waals surface area contributed by atoms with E-state index in [1.807, 2.05) is 24.3 Å². The zero-order chi connectivity index (χ0) is 34.0. The molecule has 52 heavy (non-hydrogen) atoms. The summed E-state index contributed by atoms with van der Waals surface area (Å²) in [5, 5.41) is 7.08. The van der Waals surface area contributed by atoms with E-state index in [-0.39, 0.29) is 0 Å². The van der Waals surface area contributed by atoms with Crippen LogP contribution in [0.1, 0.15) is 22.3 Å². The molecule has 0 bridgehead atoms. The van der Waals surface area contributed by atoms with Crippen molar-refractivity contribution >= 4 is 43.6 Å². The molecular weight excluding hydrogens is 633 g/mol. The average molecular weight is 661 g/mol. The van der Waals surface area contributed by atoms with Gasteiger partial charge in [0.2, 0.25) is 5.71 Å². The summed E-state index contributed by atoms with van der Waals surface area (Å²) in [5.74, 6) is 0.656. The second kappa shape index (κ2) is 10.1. The van der Waals surface area contributed by atoms with Crippen molar-refractivity contribution in [2.75, 3.05) is 0 Å². The molecule has 3 heteroatoms. The first-order valence-electron chi connectivity index (χ1n) is 17.8. The number of nitrogens with zero attached hydrogens (tertiary/aromatic N) is 2. The first-order valence-corrected chi connectivity index (χ1v) is 17.8. The van der Waals surface area contributed by atoms with Gasteiger partial charge >= 0.3 is 0 Å². The molecule has 2 aliphatic rings. The smallest absolute Gasteiger partial charge is 0.231 e. The molecule has 0 radical (unpaired) electrons. The van der Waals surface area contributed by atoms with Gasteiger partial charge < -0.3 is 4.42 Å². The van der Waals surface area contributed by atoms with Gasteiger partial charge in [0.15, 0.2) is 5.82 Å². The molecule has 1 spiro atoms. The molecule has 0 amide bonds. The Kier molecular flexibility index (Phi) is 5.43. The summed E-state index contributed by atoms with van der Waals surface area (Å²) in [5.41, 5.74) is 14.0. The van der Waals surface area contributed by atoms with Crippen molar-refractivity contribution in [2.45, 2.75) is 5.41 Å². The summed E-state index contributed by atoms with van der Waals surface area (Å²) in [6, 6.07) is 61.2. The monoisotopic (exact) mass is 660 g/mol. The molecule has 12 rings (SSSR count). The van der Waals surface area contributed by atoms with E-state index in [0.717, 1.165) is 33.2 Å². The minimum absolute atomic E-state index is 0.538. The second-order valence-corrected chi connectivity index (χ2v) is 14.0. The van der Waals surface area contributed by atoms with Crippen LogP contribution in [0.25, 0.3) is 88.5 Å². The van der Waals surface area contributed by atoms with Crippen LogP contribution in [-0.4, -0.2) is 9.97 Å². The Balaban J connectivity index is 1.24. The average Bonchev–Trinajstić information content (AvgIpc) is 3.85. The van der Waals surface area contributed by atoms with E-state index in [1.54, 1.807) is 0 Å².